The SMILES string of the molecule is CCC(=O)N1CCC(NS(=O)(=O)c2ccc3c(c2)OCO3)CC1. The van der Waals surface area contributed by atoms with E-state index in [-0.39, 0.29) is 23.6 Å². The van der Waals surface area contributed by atoms with Gasteiger partial charge in [0, 0.05) is 31.6 Å². The summed E-state index contributed by atoms with van der Waals surface area (Å²) in [4.78, 5) is 13.6. The zero-order chi connectivity index (χ0) is 16.4. The van der Waals surface area contributed by atoms with Crippen LogP contribution in [0.3, 0.4) is 0 Å². The third kappa shape index (κ3) is 3.42. The van der Waals surface area contributed by atoms with Crippen LogP contribution in [0.25, 0.3) is 0 Å². The van der Waals surface area contributed by atoms with Crippen molar-refractivity contribution in [1.29, 1.82) is 0 Å². The number of carbonyl (C=O) groups is 1. The Bertz CT molecular complexity index is 696. The van der Waals surface area contributed by atoms with E-state index >= 15 is 0 Å². The van der Waals surface area contributed by atoms with Gasteiger partial charge in [-0.25, -0.2) is 13.1 Å². The number of nitrogens with one attached hydrogen (secondary N) is 1. The lowest BCUT2D eigenvalue weighted by Crippen LogP contribution is -2.46. The summed E-state index contributed by atoms with van der Waals surface area (Å²) in [5.41, 5.74) is 0. The van der Waals surface area contributed by atoms with E-state index in [0.717, 1.165) is 0 Å². The summed E-state index contributed by atoms with van der Waals surface area (Å²) in [6.07, 6.45) is 1.72. The van der Waals surface area contributed by atoms with Gasteiger partial charge in [0.05, 0.1) is 4.90 Å². The highest BCUT2D eigenvalue weighted by Crippen LogP contribution is 2.33. The lowest BCUT2D eigenvalue weighted by molar-refractivity contribution is -0.131. The molecule has 126 valence electrons. The molecule has 0 radical (unpaired) electrons. The first kappa shape index (κ1) is 16.1. The summed E-state index contributed by atoms with van der Waals surface area (Å²) in [5, 5.41) is 0. The van der Waals surface area contributed by atoms with Crippen molar-refractivity contribution in [2.75, 3.05) is 19.9 Å². The Morgan fingerprint density at radius 2 is 1.96 bits per heavy atom. The second-order valence-corrected chi connectivity index (χ2v) is 7.36. The minimum absolute atomic E-state index is 0.107. The maximum Gasteiger partial charge on any atom is 0.240 e. The van der Waals surface area contributed by atoms with E-state index in [9.17, 15) is 13.2 Å². The van der Waals surface area contributed by atoms with Gasteiger partial charge in [-0.3, -0.25) is 4.79 Å². The minimum Gasteiger partial charge on any atom is -0.454 e. The largest absolute Gasteiger partial charge is 0.454 e. The van der Waals surface area contributed by atoms with E-state index < -0.39 is 10.0 Å². The van der Waals surface area contributed by atoms with Crippen molar-refractivity contribution in [3.8, 4) is 11.5 Å². The van der Waals surface area contributed by atoms with Gasteiger partial charge in [-0.1, -0.05) is 6.92 Å². The van der Waals surface area contributed by atoms with Gasteiger partial charge in [-0.15, -0.1) is 0 Å². The van der Waals surface area contributed by atoms with Crippen LogP contribution < -0.4 is 14.2 Å². The average molecular weight is 340 g/mol. The number of piperidine rings is 1. The lowest BCUT2D eigenvalue weighted by atomic mass is 10.1. The Kier molecular flexibility index (Phi) is 4.45. The average Bonchev–Trinajstić information content (AvgIpc) is 3.02. The molecule has 0 aromatic heterocycles. The van der Waals surface area contributed by atoms with Crippen molar-refractivity contribution in [2.24, 2.45) is 0 Å². The van der Waals surface area contributed by atoms with Gasteiger partial charge < -0.3 is 14.4 Å². The highest BCUT2D eigenvalue weighted by Gasteiger charge is 2.27. The molecule has 3 rings (SSSR count). The van der Waals surface area contributed by atoms with Crippen LogP contribution in [0.15, 0.2) is 23.1 Å². The van der Waals surface area contributed by atoms with Crippen molar-refractivity contribution in [1.82, 2.24) is 9.62 Å². The Hall–Kier alpha value is -1.80. The molecule has 23 heavy (non-hydrogen) atoms. The van der Waals surface area contributed by atoms with Gasteiger partial charge in [0.25, 0.3) is 0 Å². The molecule has 1 amide bonds. The number of fused-ring (bicyclic) bond motifs is 1. The van der Waals surface area contributed by atoms with E-state index in [1.54, 1.807) is 11.0 Å². The molecule has 2 heterocycles. The van der Waals surface area contributed by atoms with Crippen LogP contribution >= 0.6 is 0 Å². The Labute approximate surface area is 135 Å². The first-order valence-corrected chi connectivity index (χ1v) is 9.17. The van der Waals surface area contributed by atoms with Crippen LogP contribution in [0.5, 0.6) is 11.5 Å². The molecule has 0 spiro atoms. The number of hydrogen-bond acceptors (Lipinski definition) is 5. The van der Waals surface area contributed by atoms with E-state index in [1.165, 1.54) is 12.1 Å². The third-order valence-corrected chi connectivity index (χ3v) is 5.64. The fourth-order valence-electron chi connectivity index (χ4n) is 2.80. The Morgan fingerprint density at radius 3 is 2.65 bits per heavy atom. The van der Waals surface area contributed by atoms with Crippen molar-refractivity contribution >= 4 is 15.9 Å². The summed E-state index contributed by atoms with van der Waals surface area (Å²) >= 11 is 0. The number of ether oxygens (including phenoxy) is 2. The van der Waals surface area contributed by atoms with E-state index in [0.29, 0.717) is 43.9 Å². The summed E-state index contributed by atoms with van der Waals surface area (Å²) < 4.78 is 38.1. The fraction of sp³-hybridized carbons (Fsp3) is 0.533. The van der Waals surface area contributed by atoms with E-state index in [1.807, 2.05) is 6.92 Å². The number of carbonyl (C=O) groups excluding carboxylic acids is 1. The molecular weight excluding hydrogens is 320 g/mol. The molecule has 0 saturated carbocycles. The fourth-order valence-corrected chi connectivity index (χ4v) is 4.12. The third-order valence-electron chi connectivity index (χ3n) is 4.13. The maximum atomic E-state index is 12.5. The van der Waals surface area contributed by atoms with Crippen molar-refractivity contribution < 1.29 is 22.7 Å². The van der Waals surface area contributed by atoms with Gasteiger partial charge in [0.1, 0.15) is 0 Å². The van der Waals surface area contributed by atoms with Crippen LogP contribution in [-0.4, -0.2) is 45.1 Å². The molecule has 7 nitrogen and oxygen atoms in total. The summed E-state index contributed by atoms with van der Waals surface area (Å²) in [7, 11) is -3.61. The first-order chi connectivity index (χ1) is 11.0. The van der Waals surface area contributed by atoms with Crippen LogP contribution in [0.1, 0.15) is 26.2 Å². The molecule has 2 aliphatic heterocycles. The normalized spacial score (nSPS) is 18.2. The molecule has 0 aliphatic carbocycles. The van der Waals surface area contributed by atoms with Crippen LogP contribution in [0.4, 0.5) is 0 Å². The molecule has 2 aliphatic rings. The second-order valence-electron chi connectivity index (χ2n) is 5.64. The van der Waals surface area contributed by atoms with Gasteiger partial charge >= 0.3 is 0 Å². The predicted octanol–water partition coefficient (Wildman–Crippen LogP) is 1.09. The van der Waals surface area contributed by atoms with E-state index in [4.69, 9.17) is 9.47 Å². The highest BCUT2D eigenvalue weighted by molar-refractivity contribution is 7.89. The number of nitrogens with zero attached hydrogens (tertiary/aromatic N) is 1. The number of rotatable bonds is 4. The van der Waals surface area contributed by atoms with Crippen LogP contribution in [0, 0.1) is 0 Å². The smallest absolute Gasteiger partial charge is 0.240 e. The second kappa shape index (κ2) is 6.37. The predicted molar refractivity (Wildman–Crippen MR) is 82.8 cm³/mol. The molecule has 8 heteroatoms. The Morgan fingerprint density at radius 1 is 1.26 bits per heavy atom. The number of sulfonamides is 1. The first-order valence-electron chi connectivity index (χ1n) is 7.69. The molecule has 0 atom stereocenters. The molecular formula is C15H20N2O5S. The molecule has 1 aromatic rings. The number of benzene rings is 1. The van der Waals surface area contributed by atoms with Gasteiger partial charge in [0.15, 0.2) is 11.5 Å². The van der Waals surface area contributed by atoms with Crippen LogP contribution in [-0.2, 0) is 14.8 Å². The lowest BCUT2D eigenvalue weighted by Gasteiger charge is -2.32. The molecule has 0 bridgehead atoms. The van der Waals surface area contributed by atoms with Crippen LogP contribution in [0.2, 0.25) is 0 Å². The molecule has 1 aromatic carbocycles. The summed E-state index contributed by atoms with van der Waals surface area (Å²) in [6, 6.07) is 4.41. The van der Waals surface area contributed by atoms with Gasteiger partial charge in [0.2, 0.25) is 22.7 Å². The quantitative estimate of drug-likeness (QED) is 0.887. The van der Waals surface area contributed by atoms with Crippen molar-refractivity contribution in [3.63, 3.8) is 0 Å². The zero-order valence-electron chi connectivity index (χ0n) is 12.9. The van der Waals surface area contributed by atoms with E-state index in [2.05, 4.69) is 4.72 Å². The Balaban J connectivity index is 1.64. The molecule has 1 N–H and O–H groups in total. The molecule has 1 fully saturated rings. The summed E-state index contributed by atoms with van der Waals surface area (Å²) in [6.45, 7) is 3.11. The van der Waals surface area contributed by atoms with Crippen molar-refractivity contribution in [2.45, 2.75) is 37.1 Å². The highest BCUT2D eigenvalue weighted by atomic mass is 32.2. The maximum absolute atomic E-state index is 12.5. The number of likely N-dealkylation sites (tertiary alicyclic amines) is 1. The monoisotopic (exact) mass is 340 g/mol. The standard InChI is InChI=1S/C15H20N2O5S/c1-2-15(18)17-7-5-11(6-8-17)16-23(19,20)12-3-4-13-14(9-12)22-10-21-13/h3-4,9,11,16H,2,5-8,10H2,1H3. The van der Waals surface area contributed by atoms with Crippen molar-refractivity contribution in [3.05, 3.63) is 18.2 Å². The van der Waals surface area contributed by atoms with Gasteiger partial charge in [-0.05, 0) is 25.0 Å². The molecule has 0 unspecified atom stereocenters. The number of amides is 1. The zero-order valence-corrected chi connectivity index (χ0v) is 13.8. The minimum atomic E-state index is -3.61. The topological polar surface area (TPSA) is 84.9 Å². The molecule has 1 saturated heterocycles. The summed E-state index contributed by atoms with van der Waals surface area (Å²) in [5.74, 6) is 1.11. The number of hydrogen-bond donors (Lipinski definition) is 1. The van der Waals surface area contributed by atoms with Gasteiger partial charge in [-0.2, -0.15) is 0 Å².